The summed E-state index contributed by atoms with van der Waals surface area (Å²) in [6.07, 6.45) is 3.92. The Balaban J connectivity index is 1.79. The van der Waals surface area contributed by atoms with Crippen LogP contribution in [-0.2, 0) is 11.3 Å². The van der Waals surface area contributed by atoms with Gasteiger partial charge in [0.25, 0.3) is 0 Å². The Morgan fingerprint density at radius 1 is 1.29 bits per heavy atom. The smallest absolute Gasteiger partial charge is 0.233 e. The van der Waals surface area contributed by atoms with Gasteiger partial charge in [0.1, 0.15) is 5.75 Å². The maximum Gasteiger partial charge on any atom is 0.233 e. The number of phenolic OH excluding ortho intramolecular Hbond substituents is 1. The minimum Gasteiger partial charge on any atom is -0.507 e. The first-order chi connectivity index (χ1) is 11.7. The molecule has 0 atom stereocenters. The molecule has 2 aromatic rings. The number of para-hydroxylation sites is 1. The monoisotopic (exact) mass is 344 g/mol. The molecule has 0 aliphatic carbocycles. The van der Waals surface area contributed by atoms with Crippen LogP contribution < -0.4 is 0 Å². The number of benzene rings is 1. The van der Waals surface area contributed by atoms with Gasteiger partial charge >= 0.3 is 0 Å². The van der Waals surface area contributed by atoms with Crippen LogP contribution in [0.5, 0.6) is 5.75 Å². The highest BCUT2D eigenvalue weighted by Crippen LogP contribution is 2.30. The number of hydrogen-bond acceptors (Lipinski definition) is 5. The molecule has 6 nitrogen and oxygen atoms in total. The van der Waals surface area contributed by atoms with Crippen molar-refractivity contribution in [2.45, 2.75) is 24.5 Å². The topological polar surface area (TPSA) is 71.2 Å². The zero-order chi connectivity index (χ0) is 16.9. The Bertz CT molecular complexity index is 738. The van der Waals surface area contributed by atoms with Crippen molar-refractivity contribution in [3.8, 4) is 17.1 Å². The van der Waals surface area contributed by atoms with Gasteiger partial charge in [0.2, 0.25) is 5.91 Å². The van der Waals surface area contributed by atoms with Crippen LogP contribution in [0.1, 0.15) is 12.8 Å². The van der Waals surface area contributed by atoms with Crippen LogP contribution in [-0.4, -0.2) is 49.5 Å². The van der Waals surface area contributed by atoms with Crippen LogP contribution in [0.4, 0.5) is 0 Å². The number of aromatic hydroxyl groups is 1. The number of thioether (sulfide) groups is 1. The van der Waals surface area contributed by atoms with Crippen LogP contribution >= 0.6 is 11.8 Å². The minimum absolute atomic E-state index is 0.134. The highest BCUT2D eigenvalue weighted by Gasteiger charge is 2.20. The summed E-state index contributed by atoms with van der Waals surface area (Å²) in [6, 6.07) is 7.01. The lowest BCUT2D eigenvalue weighted by molar-refractivity contribution is -0.127. The van der Waals surface area contributed by atoms with E-state index in [0.717, 1.165) is 25.9 Å². The molecule has 2 heterocycles. The average molecular weight is 344 g/mol. The highest BCUT2D eigenvalue weighted by atomic mass is 32.2. The third-order valence-corrected chi connectivity index (χ3v) is 4.91. The van der Waals surface area contributed by atoms with Crippen molar-refractivity contribution in [2.75, 3.05) is 18.8 Å². The Morgan fingerprint density at radius 2 is 2.04 bits per heavy atom. The van der Waals surface area contributed by atoms with Crippen LogP contribution in [0.15, 0.2) is 42.1 Å². The van der Waals surface area contributed by atoms with Gasteiger partial charge in [0, 0.05) is 19.6 Å². The van der Waals surface area contributed by atoms with Crippen molar-refractivity contribution in [3.05, 3.63) is 36.9 Å². The highest BCUT2D eigenvalue weighted by molar-refractivity contribution is 7.99. The molecule has 1 saturated heterocycles. The molecule has 1 aromatic heterocycles. The van der Waals surface area contributed by atoms with E-state index in [1.165, 1.54) is 11.8 Å². The number of aromatic nitrogens is 3. The number of amides is 1. The summed E-state index contributed by atoms with van der Waals surface area (Å²) in [5, 5.41) is 19.1. The first-order valence-electron chi connectivity index (χ1n) is 7.93. The van der Waals surface area contributed by atoms with Gasteiger partial charge in [-0.25, -0.2) is 0 Å². The number of nitrogens with zero attached hydrogens (tertiary/aromatic N) is 4. The van der Waals surface area contributed by atoms with Crippen LogP contribution in [0.25, 0.3) is 11.4 Å². The Morgan fingerprint density at radius 3 is 2.75 bits per heavy atom. The Hall–Kier alpha value is -2.28. The summed E-state index contributed by atoms with van der Waals surface area (Å²) < 4.78 is 1.87. The molecule has 7 heteroatoms. The SMILES string of the molecule is C=CCn1c(SCC(=O)N2CCCC2)nnc1-c1ccccc1O. The molecule has 0 saturated carbocycles. The standard InChI is InChI=1S/C17H20N4O2S/c1-2-9-21-16(13-7-3-4-8-14(13)22)18-19-17(21)24-12-15(23)20-10-5-6-11-20/h2-4,7-8,22H,1,5-6,9-12H2. The molecular formula is C17H20N4O2S. The predicted molar refractivity (Wildman–Crippen MR) is 93.9 cm³/mol. The molecule has 1 amide bonds. The molecule has 126 valence electrons. The van der Waals surface area contributed by atoms with Gasteiger partial charge in [-0.2, -0.15) is 0 Å². The van der Waals surface area contributed by atoms with E-state index >= 15 is 0 Å². The summed E-state index contributed by atoms with van der Waals surface area (Å²) in [5.41, 5.74) is 0.615. The van der Waals surface area contributed by atoms with Gasteiger partial charge in [0.05, 0.1) is 11.3 Å². The fraction of sp³-hybridized carbons (Fsp3) is 0.353. The van der Waals surface area contributed by atoms with E-state index in [0.29, 0.717) is 28.8 Å². The van der Waals surface area contributed by atoms with E-state index in [9.17, 15) is 9.90 Å². The largest absolute Gasteiger partial charge is 0.507 e. The molecule has 0 radical (unpaired) electrons. The van der Waals surface area contributed by atoms with Gasteiger partial charge in [-0.3, -0.25) is 9.36 Å². The number of carbonyl (C=O) groups excluding carboxylic acids is 1. The number of rotatable bonds is 6. The summed E-state index contributed by atoms with van der Waals surface area (Å²) in [7, 11) is 0. The maximum absolute atomic E-state index is 12.2. The molecule has 1 aliphatic heterocycles. The van der Waals surface area contributed by atoms with Crippen molar-refractivity contribution in [2.24, 2.45) is 0 Å². The zero-order valence-corrected chi connectivity index (χ0v) is 14.2. The van der Waals surface area contributed by atoms with Crippen molar-refractivity contribution < 1.29 is 9.90 Å². The molecule has 0 unspecified atom stereocenters. The lowest BCUT2D eigenvalue weighted by Crippen LogP contribution is -2.29. The van der Waals surface area contributed by atoms with Gasteiger partial charge in [-0.15, -0.1) is 16.8 Å². The van der Waals surface area contributed by atoms with Crippen LogP contribution in [0.2, 0.25) is 0 Å². The second kappa shape index (κ2) is 7.53. The van der Waals surface area contributed by atoms with E-state index in [4.69, 9.17) is 0 Å². The van der Waals surface area contributed by atoms with E-state index < -0.39 is 0 Å². The first-order valence-corrected chi connectivity index (χ1v) is 8.92. The van der Waals surface area contributed by atoms with E-state index in [1.807, 2.05) is 15.5 Å². The number of likely N-dealkylation sites (tertiary alicyclic amines) is 1. The normalized spacial score (nSPS) is 14.1. The quantitative estimate of drug-likeness (QED) is 0.644. The third-order valence-electron chi connectivity index (χ3n) is 3.96. The fourth-order valence-corrected chi connectivity index (χ4v) is 3.59. The molecule has 1 N–H and O–H groups in total. The van der Waals surface area contributed by atoms with Gasteiger partial charge in [-0.1, -0.05) is 30.0 Å². The summed E-state index contributed by atoms with van der Waals surface area (Å²) in [4.78, 5) is 14.1. The van der Waals surface area contributed by atoms with E-state index in [-0.39, 0.29) is 11.7 Å². The zero-order valence-electron chi connectivity index (χ0n) is 13.4. The van der Waals surface area contributed by atoms with E-state index in [1.54, 1.807) is 24.3 Å². The maximum atomic E-state index is 12.2. The van der Waals surface area contributed by atoms with Crippen LogP contribution in [0, 0.1) is 0 Å². The summed E-state index contributed by atoms with van der Waals surface area (Å²) in [6.45, 7) is 5.98. The van der Waals surface area contributed by atoms with Gasteiger partial charge in [-0.05, 0) is 25.0 Å². The van der Waals surface area contributed by atoms with Crippen molar-refractivity contribution >= 4 is 17.7 Å². The molecule has 1 aromatic carbocycles. The Kier molecular flexibility index (Phi) is 5.20. The third kappa shape index (κ3) is 3.46. The predicted octanol–water partition coefficient (Wildman–Crippen LogP) is 2.55. The fourth-order valence-electron chi connectivity index (χ4n) is 2.74. The molecule has 1 fully saturated rings. The number of allylic oxidation sites excluding steroid dienone is 1. The molecule has 0 bridgehead atoms. The molecule has 24 heavy (non-hydrogen) atoms. The lowest BCUT2D eigenvalue weighted by atomic mass is 10.2. The van der Waals surface area contributed by atoms with Gasteiger partial charge in [0.15, 0.2) is 11.0 Å². The second-order valence-electron chi connectivity index (χ2n) is 5.60. The molecule has 3 rings (SSSR count). The molecule has 1 aliphatic rings. The van der Waals surface area contributed by atoms with E-state index in [2.05, 4.69) is 16.8 Å². The number of hydrogen-bond donors (Lipinski definition) is 1. The van der Waals surface area contributed by atoms with Gasteiger partial charge < -0.3 is 10.0 Å². The van der Waals surface area contributed by atoms with Crippen LogP contribution in [0.3, 0.4) is 0 Å². The van der Waals surface area contributed by atoms with Crippen molar-refractivity contribution in [3.63, 3.8) is 0 Å². The molecular weight excluding hydrogens is 324 g/mol. The lowest BCUT2D eigenvalue weighted by Gasteiger charge is -2.14. The minimum atomic E-state index is 0.134. The summed E-state index contributed by atoms with van der Waals surface area (Å²) >= 11 is 1.37. The Labute approximate surface area is 145 Å². The second-order valence-corrected chi connectivity index (χ2v) is 6.54. The first kappa shape index (κ1) is 16.6. The molecule has 0 spiro atoms. The number of phenols is 1. The summed E-state index contributed by atoms with van der Waals surface area (Å²) in [5.74, 6) is 1.20. The number of carbonyl (C=O) groups is 1. The van der Waals surface area contributed by atoms with Crippen molar-refractivity contribution in [1.29, 1.82) is 0 Å². The van der Waals surface area contributed by atoms with Crippen molar-refractivity contribution in [1.82, 2.24) is 19.7 Å². The average Bonchev–Trinajstić information content (AvgIpc) is 3.24.